The van der Waals surface area contributed by atoms with Crippen LogP contribution in [0, 0.1) is 0 Å². The molecule has 0 bridgehead atoms. The molecule has 0 spiro atoms. The van der Waals surface area contributed by atoms with Gasteiger partial charge in [-0.25, -0.2) is 0 Å². The maximum atomic E-state index is 12.3. The van der Waals surface area contributed by atoms with Crippen LogP contribution in [0.3, 0.4) is 0 Å². The first-order valence-corrected chi connectivity index (χ1v) is 8.46. The fourth-order valence-corrected chi connectivity index (χ4v) is 3.19. The van der Waals surface area contributed by atoms with Gasteiger partial charge in [-0.15, -0.1) is 0 Å². The van der Waals surface area contributed by atoms with Gasteiger partial charge >= 0.3 is 0 Å². The van der Waals surface area contributed by atoms with E-state index in [0.29, 0.717) is 28.9 Å². The first-order valence-electron chi connectivity index (χ1n) is 7.71. The third-order valence-electron chi connectivity index (χ3n) is 4.19. The number of carbonyl (C=O) groups is 1. The Balaban J connectivity index is 1.48. The van der Waals surface area contributed by atoms with Crippen molar-refractivity contribution < 1.29 is 4.79 Å². The Labute approximate surface area is 145 Å². The number of amides is 1. The van der Waals surface area contributed by atoms with Gasteiger partial charge < -0.3 is 4.90 Å². The number of halogens is 2. The average molecular weight is 353 g/mol. The van der Waals surface area contributed by atoms with Gasteiger partial charge in [0.15, 0.2) is 0 Å². The molecule has 0 radical (unpaired) electrons. The largest absolute Gasteiger partial charge is 0.343 e. The zero-order valence-electron chi connectivity index (χ0n) is 12.7. The number of likely N-dealkylation sites (tertiary alicyclic amines) is 1. The second-order valence-electron chi connectivity index (χ2n) is 5.71. The van der Waals surface area contributed by atoms with Crippen molar-refractivity contribution in [3.8, 4) is 0 Å². The summed E-state index contributed by atoms with van der Waals surface area (Å²) < 4.78 is 0. The van der Waals surface area contributed by atoms with E-state index in [0.717, 1.165) is 31.5 Å². The molecular formula is C16H18Cl2N4O. The van der Waals surface area contributed by atoms with Crippen molar-refractivity contribution in [2.24, 2.45) is 0 Å². The molecule has 0 unspecified atom stereocenters. The highest BCUT2D eigenvalue weighted by molar-refractivity contribution is 6.42. The highest BCUT2D eigenvalue weighted by Crippen LogP contribution is 2.24. The summed E-state index contributed by atoms with van der Waals surface area (Å²) in [5.74, 6) is 0.183. The van der Waals surface area contributed by atoms with Gasteiger partial charge in [-0.3, -0.25) is 4.79 Å². The molecule has 1 aliphatic rings. The van der Waals surface area contributed by atoms with E-state index in [1.54, 1.807) is 23.3 Å². The SMILES string of the molecule is O=C(CCc1ccc(Cl)c(Cl)c1)N1CCC(n2nccn2)CC1. The fourth-order valence-electron chi connectivity index (χ4n) is 2.87. The first-order chi connectivity index (χ1) is 11.1. The Morgan fingerprint density at radius 1 is 1.13 bits per heavy atom. The van der Waals surface area contributed by atoms with Crippen LogP contribution >= 0.6 is 23.2 Å². The molecule has 1 fully saturated rings. The molecule has 0 saturated carbocycles. The zero-order valence-corrected chi connectivity index (χ0v) is 14.2. The number of piperidine rings is 1. The Hall–Kier alpha value is -1.59. The molecule has 2 aromatic rings. The fraction of sp³-hybridized carbons (Fsp3) is 0.438. The maximum absolute atomic E-state index is 12.3. The van der Waals surface area contributed by atoms with Crippen LogP contribution in [0.15, 0.2) is 30.6 Å². The van der Waals surface area contributed by atoms with Crippen molar-refractivity contribution in [2.75, 3.05) is 13.1 Å². The van der Waals surface area contributed by atoms with Gasteiger partial charge in [-0.05, 0) is 37.0 Å². The predicted octanol–water partition coefficient (Wildman–Crippen LogP) is 3.38. The number of aromatic nitrogens is 3. The molecule has 1 amide bonds. The van der Waals surface area contributed by atoms with Gasteiger partial charge in [-0.2, -0.15) is 15.0 Å². The molecule has 1 saturated heterocycles. The van der Waals surface area contributed by atoms with Crippen LogP contribution in [0.5, 0.6) is 0 Å². The van der Waals surface area contributed by atoms with E-state index in [1.165, 1.54) is 0 Å². The Morgan fingerprint density at radius 2 is 1.83 bits per heavy atom. The summed E-state index contributed by atoms with van der Waals surface area (Å²) in [5.41, 5.74) is 1.03. The van der Waals surface area contributed by atoms with Crippen molar-refractivity contribution in [1.82, 2.24) is 19.9 Å². The van der Waals surface area contributed by atoms with E-state index in [1.807, 2.05) is 17.0 Å². The van der Waals surface area contributed by atoms with Crippen molar-refractivity contribution in [3.05, 3.63) is 46.2 Å². The molecule has 0 atom stereocenters. The molecule has 2 heterocycles. The summed E-state index contributed by atoms with van der Waals surface area (Å²) in [5, 5.41) is 9.43. The quantitative estimate of drug-likeness (QED) is 0.847. The second kappa shape index (κ2) is 7.32. The lowest BCUT2D eigenvalue weighted by Crippen LogP contribution is -2.39. The number of carbonyl (C=O) groups excluding carboxylic acids is 1. The summed E-state index contributed by atoms with van der Waals surface area (Å²) in [6.07, 6.45) is 6.34. The van der Waals surface area contributed by atoms with Gasteiger partial charge in [0.2, 0.25) is 5.91 Å². The van der Waals surface area contributed by atoms with E-state index < -0.39 is 0 Å². The molecule has 122 valence electrons. The minimum Gasteiger partial charge on any atom is -0.343 e. The van der Waals surface area contributed by atoms with Crippen molar-refractivity contribution in [2.45, 2.75) is 31.7 Å². The molecular weight excluding hydrogens is 335 g/mol. The lowest BCUT2D eigenvalue weighted by Gasteiger charge is -2.31. The minimum absolute atomic E-state index is 0.183. The monoisotopic (exact) mass is 352 g/mol. The van der Waals surface area contributed by atoms with E-state index in [-0.39, 0.29) is 5.91 Å². The summed E-state index contributed by atoms with van der Waals surface area (Å²) in [6, 6.07) is 5.81. The van der Waals surface area contributed by atoms with Crippen LogP contribution in [0.1, 0.15) is 30.9 Å². The number of benzene rings is 1. The highest BCUT2D eigenvalue weighted by Gasteiger charge is 2.24. The highest BCUT2D eigenvalue weighted by atomic mass is 35.5. The van der Waals surface area contributed by atoms with Crippen LogP contribution in [-0.2, 0) is 11.2 Å². The van der Waals surface area contributed by atoms with Crippen LogP contribution in [0.2, 0.25) is 10.0 Å². The van der Waals surface area contributed by atoms with E-state index >= 15 is 0 Å². The summed E-state index contributed by atoms with van der Waals surface area (Å²) >= 11 is 11.9. The molecule has 1 aromatic heterocycles. The van der Waals surface area contributed by atoms with Gasteiger partial charge in [-0.1, -0.05) is 29.3 Å². The third kappa shape index (κ3) is 4.03. The molecule has 1 aliphatic heterocycles. The van der Waals surface area contributed by atoms with E-state index in [9.17, 15) is 4.79 Å². The second-order valence-corrected chi connectivity index (χ2v) is 6.52. The average Bonchev–Trinajstić information content (AvgIpc) is 3.10. The number of rotatable bonds is 4. The number of aryl methyl sites for hydroxylation is 1. The van der Waals surface area contributed by atoms with E-state index in [4.69, 9.17) is 23.2 Å². The Morgan fingerprint density at radius 3 is 2.48 bits per heavy atom. The van der Waals surface area contributed by atoms with Crippen molar-refractivity contribution >= 4 is 29.1 Å². The van der Waals surface area contributed by atoms with Gasteiger partial charge in [0.1, 0.15) is 0 Å². The molecule has 5 nitrogen and oxygen atoms in total. The molecule has 23 heavy (non-hydrogen) atoms. The molecule has 0 aliphatic carbocycles. The normalized spacial score (nSPS) is 15.8. The summed E-state index contributed by atoms with van der Waals surface area (Å²) in [6.45, 7) is 1.51. The molecule has 3 rings (SSSR count). The van der Waals surface area contributed by atoms with Gasteiger partial charge in [0.05, 0.1) is 28.5 Å². The minimum atomic E-state index is 0.183. The molecule has 0 N–H and O–H groups in total. The molecule has 1 aromatic carbocycles. The predicted molar refractivity (Wildman–Crippen MR) is 89.7 cm³/mol. The summed E-state index contributed by atoms with van der Waals surface area (Å²) in [7, 11) is 0. The molecule has 7 heteroatoms. The standard InChI is InChI=1S/C16H18Cl2N4O/c17-14-3-1-12(11-15(14)18)2-4-16(23)21-9-5-13(6-10-21)22-19-7-8-20-22/h1,3,7-8,11,13H,2,4-6,9-10H2. The van der Waals surface area contributed by atoms with Crippen LogP contribution in [-0.4, -0.2) is 38.9 Å². The van der Waals surface area contributed by atoms with Crippen molar-refractivity contribution in [1.29, 1.82) is 0 Å². The maximum Gasteiger partial charge on any atom is 0.222 e. The van der Waals surface area contributed by atoms with Crippen molar-refractivity contribution in [3.63, 3.8) is 0 Å². The Kier molecular flexibility index (Phi) is 5.18. The van der Waals surface area contributed by atoms with Crippen LogP contribution < -0.4 is 0 Å². The van der Waals surface area contributed by atoms with Gasteiger partial charge in [0, 0.05) is 19.5 Å². The van der Waals surface area contributed by atoms with Crippen LogP contribution in [0.4, 0.5) is 0 Å². The number of nitrogens with zero attached hydrogens (tertiary/aromatic N) is 4. The van der Waals surface area contributed by atoms with Crippen LogP contribution in [0.25, 0.3) is 0 Å². The lowest BCUT2D eigenvalue weighted by molar-refractivity contribution is -0.132. The number of hydrogen-bond acceptors (Lipinski definition) is 3. The van der Waals surface area contributed by atoms with Gasteiger partial charge in [0.25, 0.3) is 0 Å². The zero-order chi connectivity index (χ0) is 16.2. The first kappa shape index (κ1) is 16.3. The topological polar surface area (TPSA) is 51.0 Å². The number of hydrogen-bond donors (Lipinski definition) is 0. The third-order valence-corrected chi connectivity index (χ3v) is 4.93. The van der Waals surface area contributed by atoms with E-state index in [2.05, 4.69) is 10.2 Å². The Bertz CT molecular complexity index is 667. The lowest BCUT2D eigenvalue weighted by atomic mass is 10.0. The smallest absolute Gasteiger partial charge is 0.222 e. The summed E-state index contributed by atoms with van der Waals surface area (Å²) in [4.78, 5) is 16.0.